The zero-order valence-corrected chi connectivity index (χ0v) is 15.4. The van der Waals surface area contributed by atoms with Crippen LogP contribution >= 0.6 is 0 Å². The van der Waals surface area contributed by atoms with E-state index in [1.807, 2.05) is 19.1 Å². The van der Waals surface area contributed by atoms with Crippen LogP contribution in [0.25, 0.3) is 11.3 Å². The molecule has 3 aromatic rings. The lowest BCUT2D eigenvalue weighted by Crippen LogP contribution is -2.36. The van der Waals surface area contributed by atoms with Crippen LogP contribution in [-0.4, -0.2) is 37.5 Å². The van der Waals surface area contributed by atoms with E-state index < -0.39 is 0 Å². The first-order valence-corrected chi connectivity index (χ1v) is 9.28. The lowest BCUT2D eigenvalue weighted by Gasteiger charge is -2.31. The number of aromatic nitrogens is 4. The molecule has 1 fully saturated rings. The van der Waals surface area contributed by atoms with Crippen molar-refractivity contribution in [1.29, 1.82) is 0 Å². The van der Waals surface area contributed by atoms with E-state index in [2.05, 4.69) is 19.9 Å². The number of piperidine rings is 1. The lowest BCUT2D eigenvalue weighted by molar-refractivity contribution is 0.154. The first-order chi connectivity index (χ1) is 13.2. The Morgan fingerprint density at radius 2 is 1.96 bits per heavy atom. The van der Waals surface area contributed by atoms with Gasteiger partial charge in [-0.2, -0.15) is 0 Å². The van der Waals surface area contributed by atoms with Crippen molar-refractivity contribution in [3.63, 3.8) is 0 Å². The van der Waals surface area contributed by atoms with Crippen LogP contribution in [0.5, 0.6) is 0 Å². The number of likely N-dealkylation sites (tertiary alicyclic amines) is 1. The van der Waals surface area contributed by atoms with Gasteiger partial charge in [-0.1, -0.05) is 0 Å². The molecule has 0 atom stereocenters. The van der Waals surface area contributed by atoms with Crippen LogP contribution in [0.3, 0.4) is 0 Å². The minimum absolute atomic E-state index is 0.00509. The number of aryl methyl sites for hydroxylation is 1. The molecule has 0 bridgehead atoms. The number of oxazole rings is 1. The standard InChI is InChI=1S/C20H23N5O2/c1-15-11-22-19(27-15)13-24-8-4-16(5-9-24)12-25-14-23-18(10-20(25)26)17-2-6-21-7-3-17/h2-3,6-7,10-11,14,16H,4-5,8-9,12-13H2,1H3. The van der Waals surface area contributed by atoms with Gasteiger partial charge in [0.05, 0.1) is 24.8 Å². The van der Waals surface area contributed by atoms with Crippen LogP contribution in [0.15, 0.2) is 52.3 Å². The molecule has 0 aromatic carbocycles. The van der Waals surface area contributed by atoms with Crippen LogP contribution in [-0.2, 0) is 13.1 Å². The van der Waals surface area contributed by atoms with E-state index in [0.717, 1.165) is 49.7 Å². The maximum atomic E-state index is 12.5. The van der Waals surface area contributed by atoms with Gasteiger partial charge in [-0.25, -0.2) is 9.97 Å². The third kappa shape index (κ3) is 4.31. The van der Waals surface area contributed by atoms with Gasteiger partial charge in [-0.3, -0.25) is 19.2 Å². The molecule has 0 N–H and O–H groups in total. The quantitative estimate of drug-likeness (QED) is 0.691. The van der Waals surface area contributed by atoms with Gasteiger partial charge >= 0.3 is 0 Å². The average Bonchev–Trinajstić information content (AvgIpc) is 3.10. The Hall–Kier alpha value is -2.80. The van der Waals surface area contributed by atoms with Crippen molar-refractivity contribution in [2.45, 2.75) is 32.9 Å². The molecule has 0 spiro atoms. The summed E-state index contributed by atoms with van der Waals surface area (Å²) in [7, 11) is 0. The second-order valence-electron chi connectivity index (χ2n) is 7.08. The highest BCUT2D eigenvalue weighted by Crippen LogP contribution is 2.20. The molecule has 0 saturated carbocycles. The number of rotatable bonds is 5. The summed E-state index contributed by atoms with van der Waals surface area (Å²) in [5.41, 5.74) is 1.59. The molecular formula is C20H23N5O2. The monoisotopic (exact) mass is 365 g/mol. The SMILES string of the molecule is Cc1cnc(CN2CCC(Cn3cnc(-c4ccncc4)cc3=O)CC2)o1. The Labute approximate surface area is 157 Å². The smallest absolute Gasteiger partial charge is 0.253 e. The molecular weight excluding hydrogens is 342 g/mol. The molecule has 4 rings (SSSR count). The summed E-state index contributed by atoms with van der Waals surface area (Å²) in [5, 5.41) is 0. The zero-order valence-electron chi connectivity index (χ0n) is 15.4. The molecule has 7 heteroatoms. The van der Waals surface area contributed by atoms with Crippen molar-refractivity contribution in [3.05, 3.63) is 65.1 Å². The average molecular weight is 365 g/mol. The molecule has 0 amide bonds. The highest BCUT2D eigenvalue weighted by atomic mass is 16.4. The van der Waals surface area contributed by atoms with Gasteiger partial charge < -0.3 is 4.42 Å². The summed E-state index contributed by atoms with van der Waals surface area (Å²) >= 11 is 0. The first-order valence-electron chi connectivity index (χ1n) is 9.28. The fraction of sp³-hybridized carbons (Fsp3) is 0.400. The fourth-order valence-electron chi connectivity index (χ4n) is 3.51. The number of hydrogen-bond donors (Lipinski definition) is 0. The normalized spacial score (nSPS) is 15.9. The second-order valence-corrected chi connectivity index (χ2v) is 7.08. The van der Waals surface area contributed by atoms with Crippen molar-refractivity contribution in [3.8, 4) is 11.3 Å². The first kappa shape index (κ1) is 17.6. The predicted molar refractivity (Wildman–Crippen MR) is 101 cm³/mol. The third-order valence-corrected chi connectivity index (χ3v) is 5.05. The van der Waals surface area contributed by atoms with Gasteiger partial charge in [-0.05, 0) is 50.9 Å². The molecule has 1 aliphatic rings. The van der Waals surface area contributed by atoms with Crippen molar-refractivity contribution in [2.75, 3.05) is 13.1 Å². The third-order valence-electron chi connectivity index (χ3n) is 5.05. The van der Waals surface area contributed by atoms with Gasteiger partial charge in [0, 0.05) is 30.6 Å². The van der Waals surface area contributed by atoms with Crippen LogP contribution < -0.4 is 5.56 Å². The topological polar surface area (TPSA) is 77.1 Å². The van der Waals surface area contributed by atoms with Gasteiger partial charge in [0.2, 0.25) is 5.89 Å². The molecule has 27 heavy (non-hydrogen) atoms. The summed E-state index contributed by atoms with van der Waals surface area (Å²) in [5.74, 6) is 2.11. The molecule has 4 heterocycles. The maximum Gasteiger partial charge on any atom is 0.253 e. The maximum absolute atomic E-state index is 12.5. The Morgan fingerprint density at radius 3 is 2.63 bits per heavy atom. The Kier molecular flexibility index (Phi) is 5.11. The van der Waals surface area contributed by atoms with Crippen LogP contribution in [0.4, 0.5) is 0 Å². The van der Waals surface area contributed by atoms with Crippen LogP contribution in [0, 0.1) is 12.8 Å². The number of hydrogen-bond acceptors (Lipinski definition) is 6. The van der Waals surface area contributed by atoms with E-state index >= 15 is 0 Å². The zero-order chi connectivity index (χ0) is 18.6. The summed E-state index contributed by atoms with van der Waals surface area (Å²) in [4.78, 5) is 27.6. The van der Waals surface area contributed by atoms with Gasteiger partial charge in [0.1, 0.15) is 5.76 Å². The predicted octanol–water partition coefficient (Wildman–Crippen LogP) is 2.51. The van der Waals surface area contributed by atoms with E-state index in [9.17, 15) is 4.79 Å². The van der Waals surface area contributed by atoms with E-state index in [1.165, 1.54) is 0 Å². The van der Waals surface area contributed by atoms with Gasteiger partial charge in [0.15, 0.2) is 0 Å². The van der Waals surface area contributed by atoms with Crippen molar-refractivity contribution < 1.29 is 4.42 Å². The largest absolute Gasteiger partial charge is 0.445 e. The van der Waals surface area contributed by atoms with Gasteiger partial charge in [-0.15, -0.1) is 0 Å². The van der Waals surface area contributed by atoms with E-state index in [0.29, 0.717) is 18.2 Å². The van der Waals surface area contributed by atoms with Crippen molar-refractivity contribution in [1.82, 2.24) is 24.4 Å². The number of pyridine rings is 1. The van der Waals surface area contributed by atoms with Crippen molar-refractivity contribution >= 4 is 0 Å². The number of nitrogens with zero attached hydrogens (tertiary/aromatic N) is 5. The second kappa shape index (κ2) is 7.84. The Morgan fingerprint density at radius 1 is 1.19 bits per heavy atom. The molecule has 7 nitrogen and oxygen atoms in total. The minimum Gasteiger partial charge on any atom is -0.445 e. The molecule has 140 valence electrons. The highest BCUT2D eigenvalue weighted by Gasteiger charge is 2.21. The van der Waals surface area contributed by atoms with E-state index in [4.69, 9.17) is 4.42 Å². The van der Waals surface area contributed by atoms with E-state index in [1.54, 1.807) is 35.6 Å². The summed E-state index contributed by atoms with van der Waals surface area (Å²) in [6.07, 6.45) is 8.94. The van der Waals surface area contributed by atoms with Gasteiger partial charge in [0.25, 0.3) is 5.56 Å². The van der Waals surface area contributed by atoms with E-state index in [-0.39, 0.29) is 5.56 Å². The van der Waals surface area contributed by atoms with Crippen LogP contribution in [0.2, 0.25) is 0 Å². The molecule has 0 radical (unpaired) electrons. The summed E-state index contributed by atoms with van der Waals surface area (Å²) in [6.45, 7) is 5.36. The van der Waals surface area contributed by atoms with Crippen LogP contribution in [0.1, 0.15) is 24.5 Å². The van der Waals surface area contributed by atoms with Crippen molar-refractivity contribution in [2.24, 2.45) is 5.92 Å². The molecule has 1 saturated heterocycles. The highest BCUT2D eigenvalue weighted by molar-refractivity contribution is 5.57. The Bertz CT molecular complexity index is 942. The fourth-order valence-corrected chi connectivity index (χ4v) is 3.51. The molecule has 3 aromatic heterocycles. The lowest BCUT2D eigenvalue weighted by atomic mass is 9.96. The molecule has 1 aliphatic heterocycles. The minimum atomic E-state index is -0.00509. The molecule has 0 unspecified atom stereocenters. The Balaban J connectivity index is 1.34. The summed E-state index contributed by atoms with van der Waals surface area (Å²) in [6, 6.07) is 5.32. The molecule has 0 aliphatic carbocycles. The summed E-state index contributed by atoms with van der Waals surface area (Å²) < 4.78 is 7.29.